The third kappa shape index (κ3) is 2.57. The zero-order valence-electron chi connectivity index (χ0n) is 8.75. The van der Waals surface area contributed by atoms with E-state index >= 15 is 0 Å². The van der Waals surface area contributed by atoms with Gasteiger partial charge in [-0.15, -0.1) is 6.42 Å². The number of amides is 1. The molecular formula is C12H12FNO. The van der Waals surface area contributed by atoms with Crippen LogP contribution in [0.1, 0.15) is 15.9 Å². The quantitative estimate of drug-likeness (QED) is 0.675. The molecule has 0 saturated carbocycles. The average molecular weight is 205 g/mol. The molecule has 0 aliphatic carbocycles. The number of benzene rings is 1. The van der Waals surface area contributed by atoms with Crippen molar-refractivity contribution in [1.29, 1.82) is 0 Å². The Morgan fingerprint density at radius 1 is 1.60 bits per heavy atom. The number of carbonyl (C=O) groups excluding carboxylic acids is 1. The van der Waals surface area contributed by atoms with E-state index in [-0.39, 0.29) is 18.3 Å². The summed E-state index contributed by atoms with van der Waals surface area (Å²) in [6, 6.07) is 4.26. The van der Waals surface area contributed by atoms with Gasteiger partial charge in [0.15, 0.2) is 0 Å². The van der Waals surface area contributed by atoms with Crippen molar-refractivity contribution in [2.24, 2.45) is 0 Å². The second kappa shape index (κ2) is 4.61. The standard InChI is InChI=1S/C12H12FNO/c1-4-7-14(3)12(15)10-5-6-11(13)9(2)8-10/h1,5-6,8H,7H2,2-3H3. The highest BCUT2D eigenvalue weighted by atomic mass is 19.1. The van der Waals surface area contributed by atoms with Gasteiger partial charge in [0.1, 0.15) is 5.82 Å². The van der Waals surface area contributed by atoms with Crippen molar-refractivity contribution >= 4 is 5.91 Å². The lowest BCUT2D eigenvalue weighted by molar-refractivity contribution is 0.0812. The fourth-order valence-electron chi connectivity index (χ4n) is 1.21. The minimum Gasteiger partial charge on any atom is -0.331 e. The zero-order chi connectivity index (χ0) is 11.4. The first-order valence-electron chi connectivity index (χ1n) is 4.51. The lowest BCUT2D eigenvalue weighted by Crippen LogP contribution is -2.27. The highest BCUT2D eigenvalue weighted by Gasteiger charge is 2.11. The number of hydrogen-bond donors (Lipinski definition) is 0. The maximum atomic E-state index is 13.0. The predicted molar refractivity (Wildman–Crippen MR) is 56.9 cm³/mol. The van der Waals surface area contributed by atoms with Gasteiger partial charge in [0.2, 0.25) is 0 Å². The van der Waals surface area contributed by atoms with Crippen LogP contribution in [0.4, 0.5) is 4.39 Å². The summed E-state index contributed by atoms with van der Waals surface area (Å²) < 4.78 is 13.0. The summed E-state index contributed by atoms with van der Waals surface area (Å²) in [4.78, 5) is 13.1. The number of rotatable bonds is 2. The number of carbonyl (C=O) groups is 1. The van der Waals surface area contributed by atoms with Crippen LogP contribution < -0.4 is 0 Å². The van der Waals surface area contributed by atoms with E-state index in [0.29, 0.717) is 11.1 Å². The second-order valence-corrected chi connectivity index (χ2v) is 3.33. The molecule has 1 rings (SSSR count). The molecular weight excluding hydrogens is 193 g/mol. The molecule has 1 aromatic carbocycles. The summed E-state index contributed by atoms with van der Waals surface area (Å²) in [5, 5.41) is 0. The van der Waals surface area contributed by atoms with Gasteiger partial charge in [0, 0.05) is 12.6 Å². The largest absolute Gasteiger partial charge is 0.331 e. The topological polar surface area (TPSA) is 20.3 Å². The molecule has 0 aliphatic rings. The number of hydrogen-bond acceptors (Lipinski definition) is 1. The average Bonchev–Trinajstić information content (AvgIpc) is 2.21. The molecule has 0 N–H and O–H groups in total. The summed E-state index contributed by atoms with van der Waals surface area (Å²) in [5.74, 6) is 1.86. The Balaban J connectivity index is 2.93. The monoisotopic (exact) mass is 205 g/mol. The van der Waals surface area contributed by atoms with Crippen LogP contribution in [0.5, 0.6) is 0 Å². The van der Waals surface area contributed by atoms with Gasteiger partial charge >= 0.3 is 0 Å². The highest BCUT2D eigenvalue weighted by molar-refractivity contribution is 5.94. The minimum absolute atomic E-state index is 0.198. The molecule has 15 heavy (non-hydrogen) atoms. The summed E-state index contributed by atoms with van der Waals surface area (Å²) in [6.45, 7) is 1.86. The third-order valence-corrected chi connectivity index (χ3v) is 2.08. The molecule has 1 aromatic rings. The van der Waals surface area contributed by atoms with E-state index in [0.717, 1.165) is 0 Å². The maximum Gasteiger partial charge on any atom is 0.254 e. The summed E-state index contributed by atoms with van der Waals surface area (Å²) in [5.41, 5.74) is 0.904. The van der Waals surface area contributed by atoms with Crippen molar-refractivity contribution in [2.45, 2.75) is 6.92 Å². The van der Waals surface area contributed by atoms with Gasteiger partial charge in [0.25, 0.3) is 5.91 Å². The second-order valence-electron chi connectivity index (χ2n) is 3.33. The fraction of sp³-hybridized carbons (Fsp3) is 0.250. The first-order chi connectivity index (χ1) is 7.06. The third-order valence-electron chi connectivity index (χ3n) is 2.08. The molecule has 0 bridgehead atoms. The van der Waals surface area contributed by atoms with Crippen LogP contribution in [0.2, 0.25) is 0 Å². The molecule has 0 aromatic heterocycles. The molecule has 0 atom stereocenters. The van der Waals surface area contributed by atoms with Crippen LogP contribution in [0.3, 0.4) is 0 Å². The van der Waals surface area contributed by atoms with E-state index < -0.39 is 0 Å². The van der Waals surface area contributed by atoms with Crippen molar-refractivity contribution in [1.82, 2.24) is 4.90 Å². The summed E-state index contributed by atoms with van der Waals surface area (Å²) in [6.07, 6.45) is 5.10. The Kier molecular flexibility index (Phi) is 3.46. The Labute approximate surface area is 88.7 Å². The van der Waals surface area contributed by atoms with E-state index in [1.807, 2.05) is 0 Å². The van der Waals surface area contributed by atoms with Gasteiger partial charge in [-0.25, -0.2) is 4.39 Å². The Bertz CT molecular complexity index is 420. The van der Waals surface area contributed by atoms with Gasteiger partial charge in [0.05, 0.1) is 6.54 Å². The van der Waals surface area contributed by atoms with Crippen molar-refractivity contribution in [2.75, 3.05) is 13.6 Å². The molecule has 0 spiro atoms. The van der Waals surface area contributed by atoms with Crippen molar-refractivity contribution in [3.05, 3.63) is 35.1 Å². The normalized spacial score (nSPS) is 9.47. The maximum absolute atomic E-state index is 13.0. The van der Waals surface area contributed by atoms with Crippen LogP contribution in [-0.4, -0.2) is 24.4 Å². The molecule has 0 aliphatic heterocycles. The molecule has 2 nitrogen and oxygen atoms in total. The smallest absolute Gasteiger partial charge is 0.254 e. The number of terminal acetylenes is 1. The Morgan fingerprint density at radius 3 is 2.80 bits per heavy atom. The Hall–Kier alpha value is -1.82. The molecule has 0 radical (unpaired) electrons. The van der Waals surface area contributed by atoms with E-state index in [1.165, 1.54) is 23.1 Å². The molecule has 78 valence electrons. The van der Waals surface area contributed by atoms with Gasteiger partial charge < -0.3 is 4.90 Å². The van der Waals surface area contributed by atoms with Crippen LogP contribution in [0.15, 0.2) is 18.2 Å². The fourth-order valence-corrected chi connectivity index (χ4v) is 1.21. The molecule has 0 unspecified atom stereocenters. The van der Waals surface area contributed by atoms with Crippen molar-refractivity contribution < 1.29 is 9.18 Å². The van der Waals surface area contributed by atoms with Crippen molar-refractivity contribution in [3.8, 4) is 12.3 Å². The van der Waals surface area contributed by atoms with Gasteiger partial charge in [-0.1, -0.05) is 5.92 Å². The zero-order valence-corrected chi connectivity index (χ0v) is 8.75. The SMILES string of the molecule is C#CCN(C)C(=O)c1ccc(F)c(C)c1. The van der Waals surface area contributed by atoms with E-state index in [4.69, 9.17) is 6.42 Å². The van der Waals surface area contributed by atoms with E-state index in [9.17, 15) is 9.18 Å². The van der Waals surface area contributed by atoms with Gasteiger partial charge in [-0.2, -0.15) is 0 Å². The minimum atomic E-state index is -0.314. The number of halogens is 1. The van der Waals surface area contributed by atoms with Gasteiger partial charge in [-0.05, 0) is 30.7 Å². The first kappa shape index (κ1) is 11.3. The number of nitrogens with zero attached hydrogens (tertiary/aromatic N) is 1. The molecule has 0 fully saturated rings. The molecule has 0 heterocycles. The van der Waals surface area contributed by atoms with E-state index in [2.05, 4.69) is 5.92 Å². The van der Waals surface area contributed by atoms with Crippen LogP contribution in [0.25, 0.3) is 0 Å². The highest BCUT2D eigenvalue weighted by Crippen LogP contribution is 2.10. The predicted octanol–water partition coefficient (Wildman–Crippen LogP) is 1.84. The lowest BCUT2D eigenvalue weighted by atomic mass is 10.1. The number of aryl methyl sites for hydroxylation is 1. The lowest BCUT2D eigenvalue weighted by Gasteiger charge is -2.14. The van der Waals surface area contributed by atoms with Gasteiger partial charge in [-0.3, -0.25) is 4.79 Å². The molecule has 3 heteroatoms. The van der Waals surface area contributed by atoms with Crippen molar-refractivity contribution in [3.63, 3.8) is 0 Å². The van der Waals surface area contributed by atoms with Crippen LogP contribution >= 0.6 is 0 Å². The van der Waals surface area contributed by atoms with Crippen LogP contribution in [0, 0.1) is 25.1 Å². The summed E-state index contributed by atoms with van der Waals surface area (Å²) >= 11 is 0. The molecule has 1 amide bonds. The first-order valence-corrected chi connectivity index (χ1v) is 4.51. The Morgan fingerprint density at radius 2 is 2.27 bits per heavy atom. The van der Waals surface area contributed by atoms with Crippen LogP contribution in [-0.2, 0) is 0 Å². The summed E-state index contributed by atoms with van der Waals surface area (Å²) in [7, 11) is 1.61. The molecule has 0 saturated heterocycles. The van der Waals surface area contributed by atoms with E-state index in [1.54, 1.807) is 14.0 Å².